The molecule has 0 saturated heterocycles. The van der Waals surface area contributed by atoms with Crippen LogP contribution in [-0.4, -0.2) is 45.3 Å². The second-order valence-electron chi connectivity index (χ2n) is 10.4. The standard InChI is InChI=1S/C27H41NO5S/c1-16-10-8-9-11-17(2)25(31)19(4)26(32)27(6,7)23(29)14-24(30)33-22(12-16)18(3)13-21-15-34-20(5)28-21/h10,13,15,17,19,22-23,25,29,31H,8-9,11-12,14H2,1-7H3/b16-10+,18-13+/t17-,19+,22-,23-,25-/m0/s1. The van der Waals surface area contributed by atoms with E-state index in [1.807, 2.05) is 39.2 Å². The van der Waals surface area contributed by atoms with Crippen molar-refractivity contribution in [3.63, 3.8) is 0 Å². The van der Waals surface area contributed by atoms with E-state index in [4.69, 9.17) is 4.74 Å². The molecule has 0 aliphatic carbocycles. The van der Waals surface area contributed by atoms with Gasteiger partial charge in [-0.25, -0.2) is 4.98 Å². The van der Waals surface area contributed by atoms with Gasteiger partial charge in [0.05, 0.1) is 34.7 Å². The highest BCUT2D eigenvalue weighted by molar-refractivity contribution is 7.09. The second kappa shape index (κ2) is 12.2. The van der Waals surface area contributed by atoms with E-state index in [0.717, 1.165) is 41.1 Å². The van der Waals surface area contributed by atoms with Gasteiger partial charge in [0, 0.05) is 17.7 Å². The van der Waals surface area contributed by atoms with Gasteiger partial charge < -0.3 is 14.9 Å². The minimum Gasteiger partial charge on any atom is -0.457 e. The fraction of sp³-hybridized carbons (Fsp3) is 0.667. The highest BCUT2D eigenvalue weighted by atomic mass is 32.1. The lowest BCUT2D eigenvalue weighted by atomic mass is 9.73. The topological polar surface area (TPSA) is 96.7 Å². The van der Waals surface area contributed by atoms with Gasteiger partial charge >= 0.3 is 5.97 Å². The van der Waals surface area contributed by atoms with Gasteiger partial charge in [-0.3, -0.25) is 9.59 Å². The summed E-state index contributed by atoms with van der Waals surface area (Å²) in [7, 11) is 0. The summed E-state index contributed by atoms with van der Waals surface area (Å²) in [6, 6.07) is 0. The van der Waals surface area contributed by atoms with Crippen molar-refractivity contribution in [3.8, 4) is 0 Å². The molecule has 5 atom stereocenters. The predicted molar refractivity (Wildman–Crippen MR) is 136 cm³/mol. The van der Waals surface area contributed by atoms with Crippen LogP contribution in [0.4, 0.5) is 0 Å². The summed E-state index contributed by atoms with van der Waals surface area (Å²) in [6.45, 7) is 12.8. The van der Waals surface area contributed by atoms with E-state index in [1.54, 1.807) is 32.1 Å². The largest absolute Gasteiger partial charge is 0.457 e. The first-order chi connectivity index (χ1) is 15.8. The van der Waals surface area contributed by atoms with Crippen LogP contribution in [0.15, 0.2) is 22.6 Å². The molecular formula is C27H41NO5S. The number of aromatic nitrogens is 1. The molecule has 0 saturated carbocycles. The van der Waals surface area contributed by atoms with Gasteiger partial charge in [-0.2, -0.15) is 0 Å². The molecule has 0 amide bonds. The maximum atomic E-state index is 13.2. The van der Waals surface area contributed by atoms with Gasteiger partial charge in [0.1, 0.15) is 11.9 Å². The van der Waals surface area contributed by atoms with Gasteiger partial charge in [-0.15, -0.1) is 11.3 Å². The Labute approximate surface area is 208 Å². The smallest absolute Gasteiger partial charge is 0.309 e. The zero-order chi connectivity index (χ0) is 25.6. The van der Waals surface area contributed by atoms with Gasteiger partial charge in [-0.1, -0.05) is 39.3 Å². The van der Waals surface area contributed by atoms with Crippen LogP contribution in [0.1, 0.15) is 84.3 Å². The number of cyclic esters (lactones) is 1. The van der Waals surface area contributed by atoms with Crippen molar-refractivity contribution >= 4 is 29.2 Å². The van der Waals surface area contributed by atoms with Crippen molar-refractivity contribution < 1.29 is 24.5 Å². The lowest BCUT2D eigenvalue weighted by Gasteiger charge is -2.34. The predicted octanol–water partition coefficient (Wildman–Crippen LogP) is 5.27. The summed E-state index contributed by atoms with van der Waals surface area (Å²) >= 11 is 1.56. The Bertz CT molecular complexity index is 916. The molecule has 1 aromatic rings. The Morgan fingerprint density at radius 3 is 2.50 bits per heavy atom. The molecule has 2 rings (SSSR count). The number of carbonyl (C=O) groups is 2. The highest BCUT2D eigenvalue weighted by Gasteiger charge is 2.42. The maximum Gasteiger partial charge on any atom is 0.309 e. The lowest BCUT2D eigenvalue weighted by Crippen LogP contribution is -2.45. The summed E-state index contributed by atoms with van der Waals surface area (Å²) < 4.78 is 5.83. The monoisotopic (exact) mass is 491 g/mol. The van der Waals surface area contributed by atoms with E-state index in [9.17, 15) is 19.8 Å². The number of allylic oxidation sites excluding steroid dienone is 1. The van der Waals surface area contributed by atoms with Crippen molar-refractivity contribution in [2.45, 2.75) is 98.9 Å². The van der Waals surface area contributed by atoms with E-state index in [2.05, 4.69) is 11.1 Å². The van der Waals surface area contributed by atoms with Crippen LogP contribution in [0.2, 0.25) is 0 Å². The Kier molecular flexibility index (Phi) is 10.2. The zero-order valence-electron chi connectivity index (χ0n) is 21.6. The Hall–Kier alpha value is -1.83. The number of ether oxygens (including phenoxy) is 1. The van der Waals surface area contributed by atoms with Crippen molar-refractivity contribution in [3.05, 3.63) is 33.3 Å². The number of aliphatic hydroxyl groups is 2. The van der Waals surface area contributed by atoms with Gasteiger partial charge in [0.2, 0.25) is 0 Å². The van der Waals surface area contributed by atoms with Gasteiger partial charge in [0.15, 0.2) is 0 Å². The Morgan fingerprint density at radius 2 is 1.88 bits per heavy atom. The van der Waals surface area contributed by atoms with E-state index in [1.165, 1.54) is 0 Å². The molecule has 7 heteroatoms. The Morgan fingerprint density at radius 1 is 1.21 bits per heavy atom. The number of esters is 1. The molecule has 1 aliphatic heterocycles. The number of thiazole rings is 1. The van der Waals surface area contributed by atoms with E-state index in [0.29, 0.717) is 6.42 Å². The molecular weight excluding hydrogens is 450 g/mol. The number of rotatable bonds is 2. The summed E-state index contributed by atoms with van der Waals surface area (Å²) in [5.74, 6) is -1.48. The van der Waals surface area contributed by atoms with Crippen LogP contribution >= 0.6 is 11.3 Å². The fourth-order valence-electron chi connectivity index (χ4n) is 4.42. The number of carbonyl (C=O) groups excluding carboxylic acids is 2. The van der Waals surface area contributed by atoms with Crippen LogP contribution in [0.25, 0.3) is 6.08 Å². The molecule has 190 valence electrons. The van der Waals surface area contributed by atoms with Crippen molar-refractivity contribution in [2.24, 2.45) is 17.3 Å². The molecule has 0 unspecified atom stereocenters. The summed E-state index contributed by atoms with van der Waals surface area (Å²) in [6.07, 6.45) is 4.38. The van der Waals surface area contributed by atoms with Gasteiger partial charge in [0.25, 0.3) is 0 Å². The van der Waals surface area contributed by atoms with Crippen molar-refractivity contribution in [1.82, 2.24) is 4.98 Å². The Balaban J connectivity index is 2.33. The number of Topliss-reactive ketones (excluding diaryl/α,β-unsaturated/α-hetero) is 1. The molecule has 2 heterocycles. The third-order valence-corrected chi connectivity index (χ3v) is 7.79. The van der Waals surface area contributed by atoms with E-state index in [-0.39, 0.29) is 18.1 Å². The van der Waals surface area contributed by atoms with Crippen LogP contribution in [0, 0.1) is 24.2 Å². The summed E-state index contributed by atoms with van der Waals surface area (Å²) in [4.78, 5) is 30.5. The molecule has 1 aliphatic rings. The summed E-state index contributed by atoms with van der Waals surface area (Å²) in [5, 5.41) is 24.5. The van der Waals surface area contributed by atoms with Crippen molar-refractivity contribution in [1.29, 1.82) is 0 Å². The number of aryl methyl sites for hydroxylation is 1. The first kappa shape index (κ1) is 28.4. The van der Waals surface area contributed by atoms with Crippen LogP contribution in [0.3, 0.4) is 0 Å². The quantitative estimate of drug-likeness (QED) is 0.432. The maximum absolute atomic E-state index is 13.2. The zero-order valence-corrected chi connectivity index (χ0v) is 22.4. The first-order valence-electron chi connectivity index (χ1n) is 12.2. The number of ketones is 1. The third kappa shape index (κ3) is 7.59. The average Bonchev–Trinajstić information content (AvgIpc) is 3.17. The normalized spacial score (nSPS) is 32.1. The van der Waals surface area contributed by atoms with Gasteiger partial charge in [-0.05, 0) is 57.6 Å². The van der Waals surface area contributed by atoms with E-state index >= 15 is 0 Å². The molecule has 6 nitrogen and oxygen atoms in total. The third-order valence-electron chi connectivity index (χ3n) is 6.99. The number of aliphatic hydroxyl groups excluding tert-OH is 2. The SMILES string of the molecule is C/C1=C\CCC[C@H](C)[C@H](O)[C@@H](C)C(=O)C(C)(C)[C@@H](O)CC(=O)O[C@H](/C(C)=C/c2csc(C)n2)C1. The fourth-order valence-corrected chi connectivity index (χ4v) is 4.99. The summed E-state index contributed by atoms with van der Waals surface area (Å²) in [5.41, 5.74) is 1.63. The molecule has 0 aromatic carbocycles. The van der Waals surface area contributed by atoms with Crippen LogP contribution in [0.5, 0.6) is 0 Å². The minimum atomic E-state index is -1.21. The second-order valence-corrected chi connectivity index (χ2v) is 11.5. The average molecular weight is 492 g/mol. The highest BCUT2D eigenvalue weighted by Crippen LogP contribution is 2.32. The first-order valence-corrected chi connectivity index (χ1v) is 13.1. The molecule has 0 fully saturated rings. The van der Waals surface area contributed by atoms with Crippen LogP contribution < -0.4 is 0 Å². The number of nitrogens with zero attached hydrogens (tertiary/aromatic N) is 1. The molecule has 0 spiro atoms. The number of hydrogen-bond donors (Lipinski definition) is 2. The molecule has 34 heavy (non-hydrogen) atoms. The minimum absolute atomic E-state index is 0.0436. The van der Waals surface area contributed by atoms with Crippen LogP contribution in [-0.2, 0) is 14.3 Å². The molecule has 1 aromatic heterocycles. The number of hydrogen-bond acceptors (Lipinski definition) is 7. The molecule has 2 N–H and O–H groups in total. The molecule has 0 bridgehead atoms. The lowest BCUT2D eigenvalue weighted by molar-refractivity contribution is -0.154. The molecule has 0 radical (unpaired) electrons. The van der Waals surface area contributed by atoms with Crippen molar-refractivity contribution in [2.75, 3.05) is 0 Å². The van der Waals surface area contributed by atoms with E-state index < -0.39 is 35.6 Å².